The third kappa shape index (κ3) is 5.14. The normalized spacial score (nSPS) is 11.5. The minimum Gasteiger partial charge on any atom is -0.341 e. The molecule has 1 heterocycles. The van der Waals surface area contributed by atoms with Gasteiger partial charge >= 0.3 is 0 Å². The minimum atomic E-state index is -3.42. The van der Waals surface area contributed by atoms with E-state index in [1.807, 2.05) is 12.1 Å². The highest BCUT2D eigenvalue weighted by molar-refractivity contribution is 9.11. The quantitative estimate of drug-likeness (QED) is 0.733. The van der Waals surface area contributed by atoms with Crippen molar-refractivity contribution in [2.75, 3.05) is 14.1 Å². The number of thiophene rings is 1. The molecule has 2 rings (SSSR count). The standard InChI is InChI=1S/C16H19BrN2O3S2/c1-18-24(21,22)14-7-3-12(4-8-14)5-10-16(20)19(2)11-13-6-9-15(17)23-13/h3-4,6-9,18H,5,10-11H2,1-2H3. The van der Waals surface area contributed by atoms with E-state index in [0.717, 1.165) is 14.2 Å². The lowest BCUT2D eigenvalue weighted by Gasteiger charge is -2.16. The highest BCUT2D eigenvalue weighted by Gasteiger charge is 2.13. The van der Waals surface area contributed by atoms with Crippen molar-refractivity contribution < 1.29 is 13.2 Å². The summed E-state index contributed by atoms with van der Waals surface area (Å²) in [5.41, 5.74) is 0.936. The van der Waals surface area contributed by atoms with Crippen LogP contribution in [0.5, 0.6) is 0 Å². The van der Waals surface area contributed by atoms with Crippen LogP contribution in [0.15, 0.2) is 45.1 Å². The molecule has 1 N–H and O–H groups in total. The van der Waals surface area contributed by atoms with Gasteiger partial charge in [0.15, 0.2) is 0 Å². The fraction of sp³-hybridized carbons (Fsp3) is 0.312. The molecule has 5 nitrogen and oxygen atoms in total. The summed E-state index contributed by atoms with van der Waals surface area (Å²) in [6.45, 7) is 0.592. The van der Waals surface area contributed by atoms with Gasteiger partial charge in [-0.1, -0.05) is 12.1 Å². The van der Waals surface area contributed by atoms with Gasteiger partial charge in [-0.05, 0) is 59.2 Å². The molecular weight excluding hydrogens is 412 g/mol. The maximum absolute atomic E-state index is 12.2. The van der Waals surface area contributed by atoms with Gasteiger partial charge in [-0.25, -0.2) is 13.1 Å². The van der Waals surface area contributed by atoms with E-state index in [1.54, 1.807) is 47.5 Å². The molecule has 0 bridgehead atoms. The van der Waals surface area contributed by atoms with E-state index < -0.39 is 10.0 Å². The molecule has 0 radical (unpaired) electrons. The molecule has 0 aliphatic carbocycles. The van der Waals surface area contributed by atoms with Crippen LogP contribution in [0.25, 0.3) is 0 Å². The monoisotopic (exact) mass is 430 g/mol. The van der Waals surface area contributed by atoms with E-state index in [-0.39, 0.29) is 10.8 Å². The van der Waals surface area contributed by atoms with Crippen LogP contribution in [0.4, 0.5) is 0 Å². The fourth-order valence-corrected chi connectivity index (χ4v) is 4.42. The number of benzene rings is 1. The van der Waals surface area contributed by atoms with Crippen molar-refractivity contribution in [3.63, 3.8) is 0 Å². The lowest BCUT2D eigenvalue weighted by Crippen LogP contribution is -2.26. The van der Waals surface area contributed by atoms with E-state index in [1.165, 1.54) is 7.05 Å². The van der Waals surface area contributed by atoms with E-state index >= 15 is 0 Å². The van der Waals surface area contributed by atoms with Crippen molar-refractivity contribution in [1.82, 2.24) is 9.62 Å². The fourth-order valence-electron chi connectivity index (χ4n) is 2.15. The highest BCUT2D eigenvalue weighted by atomic mass is 79.9. The van der Waals surface area contributed by atoms with Crippen molar-refractivity contribution >= 4 is 43.2 Å². The van der Waals surface area contributed by atoms with Crippen LogP contribution in [-0.4, -0.2) is 33.3 Å². The van der Waals surface area contributed by atoms with Gasteiger partial charge in [-0.15, -0.1) is 11.3 Å². The summed E-state index contributed by atoms with van der Waals surface area (Å²) in [5.74, 6) is 0.0615. The van der Waals surface area contributed by atoms with Crippen molar-refractivity contribution in [2.24, 2.45) is 0 Å². The number of nitrogens with zero attached hydrogens (tertiary/aromatic N) is 1. The van der Waals surface area contributed by atoms with Crippen molar-refractivity contribution in [3.8, 4) is 0 Å². The molecule has 1 aromatic carbocycles. The summed E-state index contributed by atoms with van der Waals surface area (Å²) in [4.78, 5) is 15.3. The third-order valence-electron chi connectivity index (χ3n) is 3.58. The first kappa shape index (κ1) is 19.1. The number of amides is 1. The SMILES string of the molecule is CNS(=O)(=O)c1ccc(CCC(=O)N(C)Cc2ccc(Br)s2)cc1. The molecule has 24 heavy (non-hydrogen) atoms. The number of rotatable bonds is 7. The number of nitrogens with one attached hydrogen (secondary N) is 1. The van der Waals surface area contributed by atoms with Crippen molar-refractivity contribution in [1.29, 1.82) is 0 Å². The molecule has 0 saturated carbocycles. The summed E-state index contributed by atoms with van der Waals surface area (Å²) < 4.78 is 26.7. The Hall–Kier alpha value is -1.22. The highest BCUT2D eigenvalue weighted by Crippen LogP contribution is 2.23. The predicted octanol–water partition coefficient (Wildman–Crippen LogP) is 3.01. The Labute approximate surface area is 154 Å². The van der Waals surface area contributed by atoms with Gasteiger partial charge in [-0.3, -0.25) is 4.79 Å². The van der Waals surface area contributed by atoms with Gasteiger partial charge in [0.25, 0.3) is 0 Å². The first-order chi connectivity index (χ1) is 11.3. The lowest BCUT2D eigenvalue weighted by molar-refractivity contribution is -0.130. The molecule has 1 aromatic heterocycles. The predicted molar refractivity (Wildman–Crippen MR) is 99.5 cm³/mol. The number of halogens is 1. The van der Waals surface area contributed by atoms with Crippen LogP contribution in [0, 0.1) is 0 Å². The Kier molecular flexibility index (Phi) is 6.56. The number of sulfonamides is 1. The Morgan fingerprint density at radius 1 is 1.21 bits per heavy atom. The zero-order valence-corrected chi connectivity index (χ0v) is 16.7. The van der Waals surface area contributed by atoms with E-state index in [9.17, 15) is 13.2 Å². The second-order valence-corrected chi connectivity index (χ2v) is 9.74. The summed E-state index contributed by atoms with van der Waals surface area (Å²) in [5, 5.41) is 0. The average molecular weight is 431 g/mol. The Balaban J connectivity index is 1.89. The first-order valence-electron chi connectivity index (χ1n) is 7.32. The average Bonchev–Trinajstić information content (AvgIpc) is 2.97. The molecule has 1 amide bonds. The molecule has 0 atom stereocenters. The van der Waals surface area contributed by atoms with Gasteiger partial charge < -0.3 is 4.90 Å². The smallest absolute Gasteiger partial charge is 0.240 e. The van der Waals surface area contributed by atoms with Crippen LogP contribution in [0.3, 0.4) is 0 Å². The molecule has 0 saturated heterocycles. The first-order valence-corrected chi connectivity index (χ1v) is 10.4. The van der Waals surface area contributed by atoms with Gasteiger partial charge in [0.2, 0.25) is 15.9 Å². The zero-order valence-electron chi connectivity index (χ0n) is 13.5. The van der Waals surface area contributed by atoms with Crippen molar-refractivity contribution in [2.45, 2.75) is 24.3 Å². The molecule has 8 heteroatoms. The van der Waals surface area contributed by atoms with Crippen LogP contribution in [0.1, 0.15) is 16.9 Å². The number of hydrogen-bond donors (Lipinski definition) is 1. The van der Waals surface area contributed by atoms with Crippen molar-refractivity contribution in [3.05, 3.63) is 50.6 Å². The minimum absolute atomic E-state index is 0.0615. The molecule has 130 valence electrons. The second-order valence-electron chi connectivity index (χ2n) is 5.31. The Bertz CT molecular complexity index is 801. The van der Waals surface area contributed by atoms with Crippen LogP contribution < -0.4 is 4.72 Å². The Morgan fingerprint density at radius 3 is 2.42 bits per heavy atom. The summed E-state index contributed by atoms with van der Waals surface area (Å²) in [6, 6.07) is 10.6. The molecule has 0 aliphatic rings. The molecule has 0 aliphatic heterocycles. The summed E-state index contributed by atoms with van der Waals surface area (Å²) >= 11 is 5.03. The largest absolute Gasteiger partial charge is 0.341 e. The molecule has 2 aromatic rings. The summed E-state index contributed by atoms with van der Waals surface area (Å²) in [7, 11) is -0.251. The topological polar surface area (TPSA) is 66.5 Å². The molecule has 0 fully saturated rings. The van der Waals surface area contributed by atoms with Crippen LogP contribution in [-0.2, 0) is 27.8 Å². The number of carbonyl (C=O) groups is 1. The van der Waals surface area contributed by atoms with Gasteiger partial charge in [0.05, 0.1) is 15.2 Å². The van der Waals surface area contributed by atoms with Crippen LogP contribution >= 0.6 is 27.3 Å². The third-order valence-corrected chi connectivity index (χ3v) is 6.62. The van der Waals surface area contributed by atoms with E-state index in [0.29, 0.717) is 19.4 Å². The lowest BCUT2D eigenvalue weighted by atomic mass is 10.1. The molecule has 0 unspecified atom stereocenters. The zero-order chi connectivity index (χ0) is 17.7. The van der Waals surface area contributed by atoms with E-state index in [4.69, 9.17) is 0 Å². The van der Waals surface area contributed by atoms with Crippen LogP contribution in [0.2, 0.25) is 0 Å². The molecular formula is C16H19BrN2O3S2. The Morgan fingerprint density at radius 2 is 1.88 bits per heavy atom. The van der Waals surface area contributed by atoms with Gasteiger partial charge in [-0.2, -0.15) is 0 Å². The van der Waals surface area contributed by atoms with Gasteiger partial charge in [0.1, 0.15) is 0 Å². The van der Waals surface area contributed by atoms with E-state index in [2.05, 4.69) is 20.7 Å². The molecule has 0 spiro atoms. The second kappa shape index (κ2) is 8.24. The maximum Gasteiger partial charge on any atom is 0.240 e. The number of aryl methyl sites for hydroxylation is 1. The number of carbonyl (C=O) groups excluding carboxylic acids is 1. The number of hydrogen-bond acceptors (Lipinski definition) is 4. The van der Waals surface area contributed by atoms with Gasteiger partial charge in [0, 0.05) is 18.3 Å². The maximum atomic E-state index is 12.2. The summed E-state index contributed by atoms with van der Waals surface area (Å²) in [6.07, 6.45) is 0.971.